The molecule has 0 saturated heterocycles. The molecule has 11 heteroatoms. The number of halogens is 2. The van der Waals surface area contributed by atoms with Crippen LogP contribution in [0.1, 0.15) is 26.3 Å². The lowest BCUT2D eigenvalue weighted by Crippen LogP contribution is -2.50. The Kier molecular flexibility index (Phi) is 9.31. The van der Waals surface area contributed by atoms with E-state index in [1.165, 1.54) is 30.2 Å². The van der Waals surface area contributed by atoms with E-state index in [-0.39, 0.29) is 35.7 Å². The maximum absolute atomic E-state index is 13.1. The zero-order valence-electron chi connectivity index (χ0n) is 18.6. The summed E-state index contributed by atoms with van der Waals surface area (Å²) in [5.74, 6) is -0.581. The number of nitrogens with zero attached hydrogens (tertiary/aromatic N) is 2. The standard InChI is InChI=1S/C22H25Cl2N3O6/c1-13(2)25-22(29)14(3)26(11-15-5-7-17(23)18(24)9-15)21(28)12-33-16-6-8-19(27(30)31)20(10-16)32-4/h5-10,13-14H,11-12H2,1-4H3,(H,25,29)/t14-/m0/s1. The van der Waals surface area contributed by atoms with Crippen molar-refractivity contribution in [2.24, 2.45) is 0 Å². The van der Waals surface area contributed by atoms with Crippen LogP contribution in [0, 0.1) is 10.1 Å². The van der Waals surface area contributed by atoms with Gasteiger partial charge in [0.2, 0.25) is 11.7 Å². The summed E-state index contributed by atoms with van der Waals surface area (Å²) in [5.41, 5.74) is 0.454. The highest BCUT2D eigenvalue weighted by molar-refractivity contribution is 6.42. The molecule has 2 rings (SSSR count). The molecule has 0 aliphatic carbocycles. The number of nitro benzene ring substituents is 1. The Balaban J connectivity index is 2.22. The minimum Gasteiger partial charge on any atom is -0.490 e. The van der Waals surface area contributed by atoms with Crippen LogP contribution in [-0.2, 0) is 16.1 Å². The Labute approximate surface area is 201 Å². The summed E-state index contributed by atoms with van der Waals surface area (Å²) in [6, 6.07) is 7.96. The van der Waals surface area contributed by atoms with E-state index in [9.17, 15) is 19.7 Å². The third kappa shape index (κ3) is 7.23. The number of hydrogen-bond acceptors (Lipinski definition) is 6. The normalized spacial score (nSPS) is 11.6. The van der Waals surface area contributed by atoms with Gasteiger partial charge in [0, 0.05) is 24.7 Å². The molecule has 0 fully saturated rings. The molecule has 2 aromatic carbocycles. The van der Waals surface area contributed by atoms with Crippen molar-refractivity contribution < 1.29 is 24.0 Å². The number of carbonyl (C=O) groups excluding carboxylic acids is 2. The molecule has 0 bridgehead atoms. The molecule has 0 aromatic heterocycles. The summed E-state index contributed by atoms with van der Waals surface area (Å²) in [5, 5.41) is 14.5. The van der Waals surface area contributed by atoms with Crippen LogP contribution in [0.15, 0.2) is 36.4 Å². The Hall–Kier alpha value is -3.04. The lowest BCUT2D eigenvalue weighted by molar-refractivity contribution is -0.385. The monoisotopic (exact) mass is 497 g/mol. The number of nitrogens with one attached hydrogen (secondary N) is 1. The van der Waals surface area contributed by atoms with Crippen LogP contribution in [0.2, 0.25) is 10.0 Å². The van der Waals surface area contributed by atoms with Crippen LogP contribution < -0.4 is 14.8 Å². The van der Waals surface area contributed by atoms with Crippen molar-refractivity contribution in [3.05, 3.63) is 62.1 Å². The van der Waals surface area contributed by atoms with Crippen molar-refractivity contribution in [2.75, 3.05) is 13.7 Å². The van der Waals surface area contributed by atoms with Gasteiger partial charge in [-0.05, 0) is 44.5 Å². The minimum atomic E-state index is -0.802. The van der Waals surface area contributed by atoms with Gasteiger partial charge in [-0.25, -0.2) is 0 Å². The molecule has 0 heterocycles. The van der Waals surface area contributed by atoms with Gasteiger partial charge in [0.25, 0.3) is 5.91 Å². The fourth-order valence-electron chi connectivity index (χ4n) is 2.95. The predicted molar refractivity (Wildman–Crippen MR) is 125 cm³/mol. The molecular weight excluding hydrogens is 473 g/mol. The SMILES string of the molecule is COc1cc(OCC(=O)N(Cc2ccc(Cl)c(Cl)c2)[C@@H](C)C(=O)NC(C)C)ccc1[N+](=O)[O-]. The highest BCUT2D eigenvalue weighted by Gasteiger charge is 2.27. The number of carbonyl (C=O) groups is 2. The first-order valence-electron chi connectivity index (χ1n) is 10.0. The molecule has 0 unspecified atom stereocenters. The highest BCUT2D eigenvalue weighted by atomic mass is 35.5. The number of ether oxygens (including phenoxy) is 2. The van der Waals surface area contributed by atoms with E-state index in [0.717, 1.165) is 0 Å². The number of methoxy groups -OCH3 is 1. The second kappa shape index (κ2) is 11.7. The molecule has 2 aromatic rings. The van der Waals surface area contributed by atoms with Crippen molar-refractivity contribution in [2.45, 2.75) is 39.4 Å². The molecule has 1 N–H and O–H groups in total. The smallest absolute Gasteiger partial charge is 0.311 e. The van der Waals surface area contributed by atoms with Gasteiger partial charge in [-0.2, -0.15) is 0 Å². The number of amides is 2. The first-order chi connectivity index (χ1) is 15.5. The van der Waals surface area contributed by atoms with Crippen LogP contribution in [0.5, 0.6) is 11.5 Å². The number of nitro groups is 1. The van der Waals surface area contributed by atoms with Crippen LogP contribution in [0.25, 0.3) is 0 Å². The Morgan fingerprint density at radius 1 is 1.12 bits per heavy atom. The fourth-order valence-corrected chi connectivity index (χ4v) is 3.27. The third-order valence-electron chi connectivity index (χ3n) is 4.65. The van der Waals surface area contributed by atoms with E-state index in [1.54, 1.807) is 25.1 Å². The third-order valence-corrected chi connectivity index (χ3v) is 5.38. The lowest BCUT2D eigenvalue weighted by Gasteiger charge is -2.29. The average Bonchev–Trinajstić information content (AvgIpc) is 2.76. The summed E-state index contributed by atoms with van der Waals surface area (Å²) >= 11 is 12.1. The van der Waals surface area contributed by atoms with Gasteiger partial charge in [0.15, 0.2) is 6.61 Å². The summed E-state index contributed by atoms with van der Waals surface area (Å²) in [7, 11) is 1.30. The van der Waals surface area contributed by atoms with Crippen LogP contribution >= 0.6 is 23.2 Å². The maximum Gasteiger partial charge on any atom is 0.311 e. The van der Waals surface area contributed by atoms with Gasteiger partial charge in [0.05, 0.1) is 22.1 Å². The molecule has 9 nitrogen and oxygen atoms in total. The van der Waals surface area contributed by atoms with E-state index in [2.05, 4.69) is 5.32 Å². The Bertz CT molecular complexity index is 1030. The van der Waals surface area contributed by atoms with E-state index in [4.69, 9.17) is 32.7 Å². The second-order valence-electron chi connectivity index (χ2n) is 7.49. The Morgan fingerprint density at radius 3 is 2.39 bits per heavy atom. The molecule has 1 atom stereocenters. The second-order valence-corrected chi connectivity index (χ2v) is 8.30. The van der Waals surface area contributed by atoms with Crippen molar-refractivity contribution in [3.8, 4) is 11.5 Å². The van der Waals surface area contributed by atoms with Crippen LogP contribution in [0.4, 0.5) is 5.69 Å². The van der Waals surface area contributed by atoms with Gasteiger partial charge in [-0.1, -0.05) is 29.3 Å². The van der Waals surface area contributed by atoms with Crippen molar-refractivity contribution >= 4 is 40.7 Å². The topological polar surface area (TPSA) is 111 Å². The summed E-state index contributed by atoms with van der Waals surface area (Å²) in [6.45, 7) is 4.95. The molecule has 0 aliphatic heterocycles. The van der Waals surface area contributed by atoms with Gasteiger partial charge in [0.1, 0.15) is 11.8 Å². The van der Waals surface area contributed by atoms with Gasteiger partial charge in [-0.15, -0.1) is 0 Å². The maximum atomic E-state index is 13.1. The summed E-state index contributed by atoms with van der Waals surface area (Å²) < 4.78 is 10.6. The van der Waals surface area contributed by atoms with Crippen LogP contribution in [-0.4, -0.2) is 47.4 Å². The largest absolute Gasteiger partial charge is 0.490 e. The minimum absolute atomic E-state index is 0.00212. The zero-order valence-corrected chi connectivity index (χ0v) is 20.1. The van der Waals surface area contributed by atoms with Gasteiger partial charge in [-0.3, -0.25) is 19.7 Å². The van der Waals surface area contributed by atoms with Gasteiger partial charge < -0.3 is 19.7 Å². The van der Waals surface area contributed by atoms with Crippen LogP contribution in [0.3, 0.4) is 0 Å². The van der Waals surface area contributed by atoms with Crippen molar-refractivity contribution in [1.29, 1.82) is 0 Å². The molecule has 2 amide bonds. The first-order valence-corrected chi connectivity index (χ1v) is 10.8. The molecule has 0 spiro atoms. The average molecular weight is 498 g/mol. The fraction of sp³-hybridized carbons (Fsp3) is 0.364. The highest BCUT2D eigenvalue weighted by Crippen LogP contribution is 2.31. The first kappa shape index (κ1) is 26.2. The van der Waals surface area contributed by atoms with E-state index in [0.29, 0.717) is 15.6 Å². The summed E-state index contributed by atoms with van der Waals surface area (Å²) in [4.78, 5) is 37.5. The predicted octanol–water partition coefficient (Wildman–Crippen LogP) is 4.23. The lowest BCUT2D eigenvalue weighted by atomic mass is 10.1. The van der Waals surface area contributed by atoms with Crippen molar-refractivity contribution in [3.63, 3.8) is 0 Å². The summed E-state index contributed by atoms with van der Waals surface area (Å²) in [6.07, 6.45) is 0. The molecular formula is C22H25Cl2N3O6. The van der Waals surface area contributed by atoms with E-state index >= 15 is 0 Å². The quantitative estimate of drug-likeness (QED) is 0.388. The van der Waals surface area contributed by atoms with Gasteiger partial charge >= 0.3 is 5.69 Å². The Morgan fingerprint density at radius 2 is 1.82 bits per heavy atom. The van der Waals surface area contributed by atoms with E-state index < -0.39 is 23.5 Å². The zero-order chi connectivity index (χ0) is 24.7. The molecule has 33 heavy (non-hydrogen) atoms. The molecule has 0 radical (unpaired) electrons. The number of hydrogen-bond donors (Lipinski definition) is 1. The molecule has 0 aliphatic rings. The van der Waals surface area contributed by atoms with Crippen molar-refractivity contribution in [1.82, 2.24) is 10.2 Å². The molecule has 0 saturated carbocycles. The van der Waals surface area contributed by atoms with E-state index in [1.807, 2.05) is 13.8 Å². The number of benzene rings is 2. The number of rotatable bonds is 10. The molecule has 178 valence electrons.